The molecule has 166 valence electrons. The maximum absolute atomic E-state index is 12.7. The molecule has 1 aliphatic heterocycles. The summed E-state index contributed by atoms with van der Waals surface area (Å²) in [6.07, 6.45) is 11.4. The summed E-state index contributed by atoms with van der Waals surface area (Å²) in [7, 11) is 0. The fourth-order valence-corrected chi connectivity index (χ4v) is 4.80. The molecule has 3 aromatic rings. The molecule has 6 nitrogen and oxygen atoms in total. The molecular weight excluding hydrogens is 412 g/mol. The van der Waals surface area contributed by atoms with E-state index in [1.54, 1.807) is 10.6 Å². The van der Waals surface area contributed by atoms with Gasteiger partial charge in [0.15, 0.2) is 0 Å². The van der Waals surface area contributed by atoms with Gasteiger partial charge in [0.2, 0.25) is 0 Å². The average molecular weight is 443 g/mol. The van der Waals surface area contributed by atoms with E-state index in [1.807, 2.05) is 30.6 Å². The molecule has 1 saturated heterocycles. The first-order chi connectivity index (χ1) is 14.8. The van der Waals surface area contributed by atoms with Crippen molar-refractivity contribution in [2.75, 3.05) is 26.2 Å². The average Bonchev–Trinajstić information content (AvgIpc) is 3.52. The molecular formula is C24H31ClN4O2. The Bertz CT molecular complexity index is 1060. The van der Waals surface area contributed by atoms with Gasteiger partial charge in [-0.1, -0.05) is 12.8 Å². The SMILES string of the molecule is Cl.O=c1cc(OCC2CCCC2)ccn1-c1ccc2c(cnn2CCN2CCCC2)c1. The Morgan fingerprint density at radius 2 is 1.81 bits per heavy atom. The van der Waals surface area contributed by atoms with Crippen LogP contribution in [0.25, 0.3) is 16.6 Å². The van der Waals surface area contributed by atoms with Gasteiger partial charge in [-0.25, -0.2) is 0 Å². The number of aromatic nitrogens is 3. The highest BCUT2D eigenvalue weighted by Crippen LogP contribution is 2.25. The fraction of sp³-hybridized carbons (Fsp3) is 0.500. The number of halogens is 1. The third-order valence-electron chi connectivity index (χ3n) is 6.58. The number of ether oxygens (including phenoxy) is 1. The Kier molecular flexibility index (Phi) is 6.98. The van der Waals surface area contributed by atoms with Crippen LogP contribution in [-0.2, 0) is 6.54 Å². The summed E-state index contributed by atoms with van der Waals surface area (Å²) in [5.74, 6) is 1.30. The zero-order valence-electron chi connectivity index (χ0n) is 17.9. The van der Waals surface area contributed by atoms with Crippen molar-refractivity contribution in [2.24, 2.45) is 5.92 Å². The minimum Gasteiger partial charge on any atom is -0.493 e. The van der Waals surface area contributed by atoms with Gasteiger partial charge in [-0.05, 0) is 69.0 Å². The third kappa shape index (κ3) is 4.96. The minimum absolute atomic E-state index is 0. The topological polar surface area (TPSA) is 52.3 Å². The summed E-state index contributed by atoms with van der Waals surface area (Å²) < 4.78 is 9.61. The van der Waals surface area contributed by atoms with Gasteiger partial charge < -0.3 is 9.64 Å². The number of hydrogen-bond donors (Lipinski definition) is 0. The van der Waals surface area contributed by atoms with Gasteiger partial charge in [0.25, 0.3) is 5.56 Å². The van der Waals surface area contributed by atoms with Gasteiger partial charge in [0.1, 0.15) is 5.75 Å². The normalized spacial score (nSPS) is 17.3. The van der Waals surface area contributed by atoms with E-state index in [0.29, 0.717) is 18.3 Å². The van der Waals surface area contributed by atoms with Crippen LogP contribution in [0.1, 0.15) is 38.5 Å². The lowest BCUT2D eigenvalue weighted by Crippen LogP contribution is -2.24. The van der Waals surface area contributed by atoms with Crippen LogP contribution in [0, 0.1) is 5.92 Å². The van der Waals surface area contributed by atoms with Crippen LogP contribution in [0.3, 0.4) is 0 Å². The molecule has 2 aromatic heterocycles. The van der Waals surface area contributed by atoms with Crippen LogP contribution in [0.5, 0.6) is 5.75 Å². The van der Waals surface area contributed by atoms with Gasteiger partial charge in [0, 0.05) is 29.9 Å². The van der Waals surface area contributed by atoms with Crippen LogP contribution in [0.15, 0.2) is 47.5 Å². The van der Waals surface area contributed by atoms with Crippen molar-refractivity contribution in [2.45, 2.75) is 45.1 Å². The largest absolute Gasteiger partial charge is 0.493 e. The van der Waals surface area contributed by atoms with Crippen LogP contribution in [0.4, 0.5) is 0 Å². The first-order valence-corrected chi connectivity index (χ1v) is 11.3. The van der Waals surface area contributed by atoms with E-state index < -0.39 is 0 Å². The van der Waals surface area contributed by atoms with E-state index in [-0.39, 0.29) is 18.0 Å². The van der Waals surface area contributed by atoms with E-state index in [9.17, 15) is 4.79 Å². The lowest BCUT2D eigenvalue weighted by molar-refractivity contribution is 0.251. The standard InChI is InChI=1S/C24H30N4O2.ClH/c29-24-16-22(30-18-19-5-1-2-6-19)9-12-27(24)21-7-8-23-20(15-21)17-25-28(23)14-13-26-10-3-4-11-26;/h7-9,12,15-17,19H,1-6,10-11,13-14,18H2;1H. The number of benzene rings is 1. The molecule has 0 N–H and O–H groups in total. The predicted octanol–water partition coefficient (Wildman–Crippen LogP) is 4.27. The van der Waals surface area contributed by atoms with E-state index in [4.69, 9.17) is 4.74 Å². The molecule has 0 spiro atoms. The number of likely N-dealkylation sites (tertiary alicyclic amines) is 1. The molecule has 7 heteroatoms. The van der Waals surface area contributed by atoms with Gasteiger partial charge in [0.05, 0.1) is 24.9 Å². The highest BCUT2D eigenvalue weighted by Gasteiger charge is 2.16. The lowest BCUT2D eigenvalue weighted by Gasteiger charge is -2.14. The molecule has 1 aromatic carbocycles. The van der Waals surface area contributed by atoms with Crippen LogP contribution < -0.4 is 10.3 Å². The second-order valence-corrected chi connectivity index (χ2v) is 8.69. The Balaban J connectivity index is 0.00000231. The highest BCUT2D eigenvalue weighted by atomic mass is 35.5. The zero-order chi connectivity index (χ0) is 20.3. The van der Waals surface area contributed by atoms with Gasteiger partial charge in [-0.2, -0.15) is 5.10 Å². The Morgan fingerprint density at radius 3 is 2.58 bits per heavy atom. The summed E-state index contributed by atoms with van der Waals surface area (Å²) in [5.41, 5.74) is 1.90. The van der Waals surface area contributed by atoms with Crippen LogP contribution in [0.2, 0.25) is 0 Å². The van der Waals surface area contributed by atoms with E-state index >= 15 is 0 Å². The molecule has 0 bridgehead atoms. The predicted molar refractivity (Wildman–Crippen MR) is 126 cm³/mol. The molecule has 0 unspecified atom stereocenters. The van der Waals surface area contributed by atoms with Crippen LogP contribution in [-0.4, -0.2) is 45.5 Å². The minimum atomic E-state index is -0.0697. The van der Waals surface area contributed by atoms with Crippen molar-refractivity contribution in [1.29, 1.82) is 0 Å². The second kappa shape index (κ2) is 9.88. The number of fused-ring (bicyclic) bond motifs is 1. The molecule has 0 amide bonds. The molecule has 5 rings (SSSR count). The maximum atomic E-state index is 12.7. The van der Waals surface area contributed by atoms with E-state index in [1.165, 1.54) is 51.6 Å². The Morgan fingerprint density at radius 1 is 1.00 bits per heavy atom. The van der Waals surface area contributed by atoms with Crippen molar-refractivity contribution in [3.8, 4) is 11.4 Å². The summed E-state index contributed by atoms with van der Waals surface area (Å²) >= 11 is 0. The number of rotatable bonds is 7. The molecule has 2 aliphatic rings. The molecule has 3 heterocycles. The molecule has 1 saturated carbocycles. The highest BCUT2D eigenvalue weighted by molar-refractivity contribution is 5.85. The molecule has 31 heavy (non-hydrogen) atoms. The van der Waals surface area contributed by atoms with Crippen molar-refractivity contribution >= 4 is 23.3 Å². The van der Waals surface area contributed by atoms with E-state index in [0.717, 1.165) is 29.7 Å². The molecule has 1 aliphatic carbocycles. The van der Waals surface area contributed by atoms with Crippen molar-refractivity contribution in [3.05, 3.63) is 53.1 Å². The van der Waals surface area contributed by atoms with Crippen molar-refractivity contribution in [1.82, 2.24) is 19.2 Å². The molecule has 0 atom stereocenters. The smallest absolute Gasteiger partial charge is 0.258 e. The summed E-state index contributed by atoms with van der Waals surface area (Å²) in [5, 5.41) is 5.63. The molecule has 2 fully saturated rings. The van der Waals surface area contributed by atoms with Gasteiger partial charge in [-0.15, -0.1) is 12.4 Å². The first kappa shape index (κ1) is 21.9. The summed E-state index contributed by atoms with van der Waals surface area (Å²) in [6.45, 7) is 5.06. The summed E-state index contributed by atoms with van der Waals surface area (Å²) in [6, 6.07) is 9.59. The number of nitrogens with zero attached hydrogens (tertiary/aromatic N) is 4. The Hall–Kier alpha value is -2.31. The Labute approximate surface area is 189 Å². The zero-order valence-corrected chi connectivity index (χ0v) is 18.7. The lowest BCUT2D eigenvalue weighted by atomic mass is 10.1. The van der Waals surface area contributed by atoms with Gasteiger partial charge >= 0.3 is 0 Å². The van der Waals surface area contributed by atoms with E-state index in [2.05, 4.69) is 20.7 Å². The van der Waals surface area contributed by atoms with Gasteiger partial charge in [-0.3, -0.25) is 14.0 Å². The third-order valence-corrected chi connectivity index (χ3v) is 6.58. The quantitative estimate of drug-likeness (QED) is 0.548. The van der Waals surface area contributed by atoms with Crippen molar-refractivity contribution < 1.29 is 4.74 Å². The summed E-state index contributed by atoms with van der Waals surface area (Å²) in [4.78, 5) is 15.2. The number of pyridine rings is 1. The van der Waals surface area contributed by atoms with Crippen molar-refractivity contribution in [3.63, 3.8) is 0 Å². The maximum Gasteiger partial charge on any atom is 0.258 e. The monoisotopic (exact) mass is 442 g/mol. The first-order valence-electron chi connectivity index (χ1n) is 11.3. The fourth-order valence-electron chi connectivity index (χ4n) is 4.80. The number of hydrogen-bond acceptors (Lipinski definition) is 4. The second-order valence-electron chi connectivity index (χ2n) is 8.69. The molecule has 0 radical (unpaired) electrons. The van der Waals surface area contributed by atoms with Crippen LogP contribution >= 0.6 is 12.4 Å².